The van der Waals surface area contributed by atoms with Gasteiger partial charge in [-0.25, -0.2) is 0 Å². The molecule has 3 nitrogen and oxygen atoms in total. The van der Waals surface area contributed by atoms with Gasteiger partial charge in [0.1, 0.15) is 5.69 Å². The van der Waals surface area contributed by atoms with E-state index in [4.69, 9.17) is 0 Å². The zero-order valence-electron chi connectivity index (χ0n) is 10.6. The van der Waals surface area contributed by atoms with Crippen molar-refractivity contribution in [1.82, 2.24) is 9.47 Å². The van der Waals surface area contributed by atoms with E-state index in [0.717, 1.165) is 35.5 Å². The van der Waals surface area contributed by atoms with Crippen LogP contribution < -0.4 is 0 Å². The molecule has 17 heavy (non-hydrogen) atoms. The molecule has 0 N–H and O–H groups in total. The zero-order valence-corrected chi connectivity index (χ0v) is 12.2. The van der Waals surface area contributed by atoms with Crippen molar-refractivity contribution in [3.63, 3.8) is 0 Å². The second-order valence-electron chi connectivity index (χ2n) is 5.13. The molecule has 1 aliphatic rings. The molecule has 1 aromatic heterocycles. The first-order chi connectivity index (χ1) is 7.99. The number of halogens is 1. The Morgan fingerprint density at radius 1 is 1.47 bits per heavy atom. The van der Waals surface area contributed by atoms with Gasteiger partial charge < -0.3 is 9.47 Å². The quantitative estimate of drug-likeness (QED) is 0.782. The number of nitrogens with zero attached hydrogens (tertiary/aromatic N) is 2. The fourth-order valence-electron chi connectivity index (χ4n) is 2.59. The number of carbonyl (C=O) groups is 1. The smallest absolute Gasteiger partial charge is 0.270 e. The van der Waals surface area contributed by atoms with Crippen molar-refractivity contribution in [3.8, 4) is 0 Å². The van der Waals surface area contributed by atoms with Crippen molar-refractivity contribution in [2.24, 2.45) is 13.0 Å². The summed E-state index contributed by atoms with van der Waals surface area (Å²) in [7, 11) is 1.91. The van der Waals surface area contributed by atoms with Crippen LogP contribution in [0.5, 0.6) is 0 Å². The van der Waals surface area contributed by atoms with Gasteiger partial charge in [0.2, 0.25) is 0 Å². The van der Waals surface area contributed by atoms with E-state index in [1.807, 2.05) is 28.8 Å². The average Bonchev–Trinajstić information content (AvgIpc) is 2.57. The van der Waals surface area contributed by atoms with Crippen LogP contribution in [0.4, 0.5) is 0 Å². The van der Waals surface area contributed by atoms with Crippen molar-refractivity contribution in [1.29, 1.82) is 0 Å². The molecule has 1 amide bonds. The average molecular weight is 299 g/mol. The highest BCUT2D eigenvalue weighted by Crippen LogP contribution is 2.24. The third-order valence-corrected chi connectivity index (χ3v) is 4.02. The second-order valence-corrected chi connectivity index (χ2v) is 6.05. The SMILES string of the molecule is CC1CCN(C(=O)c2cc(Br)cn2C)C(C)C1. The minimum absolute atomic E-state index is 0.151. The molecule has 0 radical (unpaired) electrons. The highest BCUT2D eigenvalue weighted by atomic mass is 79.9. The van der Waals surface area contributed by atoms with Crippen molar-refractivity contribution in [2.75, 3.05) is 6.54 Å². The van der Waals surface area contributed by atoms with Gasteiger partial charge in [-0.1, -0.05) is 6.92 Å². The second kappa shape index (κ2) is 4.84. The lowest BCUT2D eigenvalue weighted by Gasteiger charge is -2.36. The molecule has 4 heteroatoms. The van der Waals surface area contributed by atoms with Crippen LogP contribution in [0.3, 0.4) is 0 Å². The summed E-state index contributed by atoms with van der Waals surface area (Å²) in [5.74, 6) is 0.881. The molecule has 1 aliphatic heterocycles. The number of rotatable bonds is 1. The van der Waals surface area contributed by atoms with Crippen LogP contribution in [-0.4, -0.2) is 28.0 Å². The Morgan fingerprint density at radius 2 is 2.18 bits per heavy atom. The summed E-state index contributed by atoms with van der Waals surface area (Å²) in [6.07, 6.45) is 4.14. The monoisotopic (exact) mass is 298 g/mol. The van der Waals surface area contributed by atoms with Gasteiger partial charge in [-0.2, -0.15) is 0 Å². The number of likely N-dealkylation sites (tertiary alicyclic amines) is 1. The molecule has 2 rings (SSSR count). The van der Waals surface area contributed by atoms with E-state index in [0.29, 0.717) is 6.04 Å². The molecule has 2 heterocycles. The summed E-state index contributed by atoms with van der Waals surface area (Å²) in [5.41, 5.74) is 0.762. The fourth-order valence-corrected chi connectivity index (χ4v) is 3.12. The predicted molar refractivity (Wildman–Crippen MR) is 72.0 cm³/mol. The molecule has 0 aliphatic carbocycles. The summed E-state index contributed by atoms with van der Waals surface area (Å²) in [4.78, 5) is 14.4. The Bertz CT molecular complexity index is 427. The molecule has 1 aromatic rings. The maximum atomic E-state index is 12.4. The van der Waals surface area contributed by atoms with Crippen LogP contribution in [0.15, 0.2) is 16.7 Å². The molecule has 1 fully saturated rings. The van der Waals surface area contributed by atoms with Gasteiger partial charge >= 0.3 is 0 Å². The normalized spacial score (nSPS) is 25.1. The van der Waals surface area contributed by atoms with Gasteiger partial charge in [0, 0.05) is 30.3 Å². The van der Waals surface area contributed by atoms with E-state index in [9.17, 15) is 4.79 Å². The minimum atomic E-state index is 0.151. The largest absolute Gasteiger partial charge is 0.345 e. The van der Waals surface area contributed by atoms with E-state index in [-0.39, 0.29) is 5.91 Å². The molecule has 94 valence electrons. The van der Waals surface area contributed by atoms with Crippen molar-refractivity contribution in [3.05, 3.63) is 22.4 Å². The zero-order chi connectivity index (χ0) is 12.6. The molecule has 0 bridgehead atoms. The van der Waals surface area contributed by atoms with E-state index in [1.54, 1.807) is 0 Å². The molecule has 2 unspecified atom stereocenters. The van der Waals surface area contributed by atoms with Crippen LogP contribution in [-0.2, 0) is 7.05 Å². The van der Waals surface area contributed by atoms with E-state index < -0.39 is 0 Å². The number of piperidine rings is 1. The molecule has 0 saturated carbocycles. The molecule has 2 atom stereocenters. The summed E-state index contributed by atoms with van der Waals surface area (Å²) >= 11 is 3.41. The lowest BCUT2D eigenvalue weighted by molar-refractivity contribution is 0.0579. The van der Waals surface area contributed by atoms with Gasteiger partial charge in [0.05, 0.1) is 0 Å². The van der Waals surface area contributed by atoms with Gasteiger partial charge in [-0.15, -0.1) is 0 Å². The van der Waals surface area contributed by atoms with Gasteiger partial charge in [-0.05, 0) is 47.7 Å². The summed E-state index contributed by atoms with van der Waals surface area (Å²) in [6, 6.07) is 2.24. The van der Waals surface area contributed by atoms with E-state index in [2.05, 4.69) is 29.8 Å². The Balaban J connectivity index is 2.17. The maximum Gasteiger partial charge on any atom is 0.270 e. The molecule has 0 spiro atoms. The van der Waals surface area contributed by atoms with Crippen molar-refractivity contribution >= 4 is 21.8 Å². The fraction of sp³-hybridized carbons (Fsp3) is 0.615. The number of amides is 1. The standard InChI is InChI=1S/C13H19BrN2O/c1-9-4-5-16(10(2)6-9)13(17)12-7-11(14)8-15(12)3/h7-10H,4-6H2,1-3H3. The van der Waals surface area contributed by atoms with Gasteiger partial charge in [0.15, 0.2) is 0 Å². The lowest BCUT2D eigenvalue weighted by atomic mass is 9.93. The summed E-state index contributed by atoms with van der Waals surface area (Å²) in [5, 5.41) is 0. The number of carbonyl (C=O) groups excluding carboxylic acids is 1. The van der Waals surface area contributed by atoms with Crippen LogP contribution in [0, 0.1) is 5.92 Å². The highest BCUT2D eigenvalue weighted by Gasteiger charge is 2.28. The van der Waals surface area contributed by atoms with Gasteiger partial charge in [-0.3, -0.25) is 4.79 Å². The Hall–Kier alpha value is -0.770. The first kappa shape index (κ1) is 12.7. The van der Waals surface area contributed by atoms with Crippen LogP contribution >= 0.6 is 15.9 Å². The number of hydrogen-bond donors (Lipinski definition) is 0. The first-order valence-electron chi connectivity index (χ1n) is 6.12. The number of hydrogen-bond acceptors (Lipinski definition) is 1. The van der Waals surface area contributed by atoms with Crippen LogP contribution in [0.25, 0.3) is 0 Å². The predicted octanol–water partition coefficient (Wildman–Crippen LogP) is 3.05. The number of aromatic nitrogens is 1. The van der Waals surface area contributed by atoms with Crippen LogP contribution in [0.2, 0.25) is 0 Å². The molecular weight excluding hydrogens is 280 g/mol. The lowest BCUT2D eigenvalue weighted by Crippen LogP contribution is -2.44. The Labute approximate surface area is 111 Å². The Morgan fingerprint density at radius 3 is 2.71 bits per heavy atom. The highest BCUT2D eigenvalue weighted by molar-refractivity contribution is 9.10. The van der Waals surface area contributed by atoms with E-state index in [1.165, 1.54) is 0 Å². The number of aryl methyl sites for hydroxylation is 1. The minimum Gasteiger partial charge on any atom is -0.345 e. The molecular formula is C13H19BrN2O. The van der Waals surface area contributed by atoms with E-state index >= 15 is 0 Å². The topological polar surface area (TPSA) is 25.2 Å². The van der Waals surface area contributed by atoms with Gasteiger partial charge in [0.25, 0.3) is 5.91 Å². The summed E-state index contributed by atoms with van der Waals surface area (Å²) < 4.78 is 2.85. The first-order valence-corrected chi connectivity index (χ1v) is 6.91. The third kappa shape index (κ3) is 2.57. The Kier molecular flexibility index (Phi) is 3.61. The van der Waals surface area contributed by atoms with Crippen molar-refractivity contribution in [2.45, 2.75) is 32.7 Å². The molecule has 1 saturated heterocycles. The third-order valence-electron chi connectivity index (χ3n) is 3.59. The van der Waals surface area contributed by atoms with Crippen molar-refractivity contribution < 1.29 is 4.79 Å². The summed E-state index contributed by atoms with van der Waals surface area (Å²) in [6.45, 7) is 5.28. The van der Waals surface area contributed by atoms with Crippen LogP contribution in [0.1, 0.15) is 37.2 Å². The molecule has 0 aromatic carbocycles. The maximum absolute atomic E-state index is 12.4.